The molecule has 1 fully saturated rings. The molecule has 0 unspecified atom stereocenters. The maximum atomic E-state index is 12.5. The lowest BCUT2D eigenvalue weighted by Crippen LogP contribution is -2.36. The second-order valence-corrected chi connectivity index (χ2v) is 9.22. The zero-order valence-corrected chi connectivity index (χ0v) is 16.0. The lowest BCUT2D eigenvalue weighted by atomic mass is 10.1. The Morgan fingerprint density at radius 3 is 2.62 bits per heavy atom. The number of hydrogen-bond acceptors (Lipinski definition) is 4. The number of allylic oxidation sites excluding steroid dienone is 1. The second-order valence-electron chi connectivity index (χ2n) is 7.29. The van der Waals surface area contributed by atoms with E-state index in [0.717, 1.165) is 52.0 Å². The first-order valence-corrected chi connectivity index (χ1v) is 11.2. The van der Waals surface area contributed by atoms with Crippen molar-refractivity contribution in [1.29, 1.82) is 0 Å². The number of rotatable bonds is 6. The van der Waals surface area contributed by atoms with Crippen LogP contribution in [0.3, 0.4) is 0 Å². The van der Waals surface area contributed by atoms with Gasteiger partial charge in [-0.3, -0.25) is 4.79 Å². The first kappa shape index (κ1) is 19.1. The van der Waals surface area contributed by atoms with Gasteiger partial charge >= 0.3 is 0 Å². The molecule has 1 aromatic rings. The quantitative estimate of drug-likeness (QED) is 0.763. The highest BCUT2D eigenvalue weighted by Crippen LogP contribution is 2.19. The van der Waals surface area contributed by atoms with E-state index < -0.39 is 9.84 Å². The number of carbonyl (C=O) groups excluding carboxylic acids is 1. The van der Waals surface area contributed by atoms with Crippen molar-refractivity contribution in [2.75, 3.05) is 38.5 Å². The van der Waals surface area contributed by atoms with Crippen LogP contribution in [-0.2, 0) is 21.1 Å². The molecule has 1 atom stereocenters. The minimum Gasteiger partial charge on any atom is -0.341 e. The normalized spacial score (nSPS) is 23.1. The Morgan fingerprint density at radius 1 is 1.08 bits per heavy atom. The summed E-state index contributed by atoms with van der Waals surface area (Å²) in [6.45, 7) is 4.50. The van der Waals surface area contributed by atoms with Gasteiger partial charge in [-0.05, 0) is 37.9 Å². The van der Waals surface area contributed by atoms with E-state index >= 15 is 0 Å². The fraction of sp³-hybridized carbons (Fsp3) is 0.550. The number of benzene rings is 1. The second kappa shape index (κ2) is 8.82. The Balaban J connectivity index is 1.40. The first-order chi connectivity index (χ1) is 12.5. The van der Waals surface area contributed by atoms with Crippen LogP contribution in [0, 0.1) is 5.92 Å². The molecule has 0 N–H and O–H groups in total. The molecule has 1 aromatic carbocycles. The Hall–Kier alpha value is -1.66. The van der Waals surface area contributed by atoms with Crippen molar-refractivity contribution in [3.8, 4) is 0 Å². The fourth-order valence-electron chi connectivity index (χ4n) is 3.72. The van der Waals surface area contributed by atoms with Crippen molar-refractivity contribution >= 4 is 15.7 Å². The average molecular weight is 377 g/mol. The highest BCUT2D eigenvalue weighted by molar-refractivity contribution is 7.94. The molecule has 0 bridgehead atoms. The third-order valence-corrected chi connectivity index (χ3v) is 6.63. The van der Waals surface area contributed by atoms with E-state index in [2.05, 4.69) is 29.2 Å². The molecule has 3 rings (SSSR count). The number of nitrogens with zero attached hydrogens (tertiary/aromatic N) is 2. The molecule has 26 heavy (non-hydrogen) atoms. The van der Waals surface area contributed by atoms with Crippen LogP contribution >= 0.6 is 0 Å². The summed E-state index contributed by atoms with van der Waals surface area (Å²) in [4.78, 5) is 16.9. The van der Waals surface area contributed by atoms with Gasteiger partial charge in [0.25, 0.3) is 0 Å². The van der Waals surface area contributed by atoms with Crippen LogP contribution in [0.5, 0.6) is 0 Å². The van der Waals surface area contributed by atoms with E-state index in [-0.39, 0.29) is 17.6 Å². The van der Waals surface area contributed by atoms with E-state index in [0.29, 0.717) is 6.42 Å². The Bertz CT molecular complexity index is 731. The Labute approximate surface area is 156 Å². The molecule has 0 saturated carbocycles. The van der Waals surface area contributed by atoms with E-state index in [1.807, 2.05) is 11.0 Å². The minimum absolute atomic E-state index is 0.0815. The summed E-state index contributed by atoms with van der Waals surface area (Å²) in [5, 5.41) is 1.25. The van der Waals surface area contributed by atoms with Crippen LogP contribution < -0.4 is 0 Å². The Kier molecular flexibility index (Phi) is 6.48. The topological polar surface area (TPSA) is 57.7 Å². The maximum Gasteiger partial charge on any atom is 0.223 e. The van der Waals surface area contributed by atoms with E-state index in [1.54, 1.807) is 6.08 Å². The van der Waals surface area contributed by atoms with Gasteiger partial charge in [-0.15, -0.1) is 0 Å². The summed E-state index contributed by atoms with van der Waals surface area (Å²) >= 11 is 0. The van der Waals surface area contributed by atoms with Gasteiger partial charge < -0.3 is 9.80 Å². The van der Waals surface area contributed by atoms with Gasteiger partial charge in [0.1, 0.15) is 0 Å². The minimum atomic E-state index is -3.08. The monoisotopic (exact) mass is 376 g/mol. The van der Waals surface area contributed by atoms with Gasteiger partial charge in [0.2, 0.25) is 5.91 Å². The van der Waals surface area contributed by atoms with Crippen LogP contribution in [0.25, 0.3) is 0 Å². The van der Waals surface area contributed by atoms with Crippen LogP contribution in [0.15, 0.2) is 41.8 Å². The van der Waals surface area contributed by atoms with Crippen molar-refractivity contribution in [1.82, 2.24) is 9.80 Å². The zero-order valence-electron chi connectivity index (χ0n) is 15.2. The van der Waals surface area contributed by atoms with Crippen molar-refractivity contribution in [3.63, 3.8) is 0 Å². The first-order valence-electron chi connectivity index (χ1n) is 9.47. The largest absolute Gasteiger partial charge is 0.341 e. The third-order valence-electron chi connectivity index (χ3n) is 5.17. The molecule has 142 valence electrons. The molecular formula is C20H28N2O3S. The van der Waals surface area contributed by atoms with E-state index in [4.69, 9.17) is 0 Å². The lowest BCUT2D eigenvalue weighted by Gasteiger charge is -2.23. The fourth-order valence-corrected chi connectivity index (χ4v) is 5.11. The number of carbonyl (C=O) groups is 1. The molecule has 6 heteroatoms. The summed E-state index contributed by atoms with van der Waals surface area (Å²) in [5.41, 5.74) is 1.37. The lowest BCUT2D eigenvalue weighted by molar-refractivity contribution is -0.131. The van der Waals surface area contributed by atoms with Crippen LogP contribution in [0.4, 0.5) is 0 Å². The van der Waals surface area contributed by atoms with Gasteiger partial charge in [0.05, 0.1) is 5.75 Å². The predicted octanol–water partition coefficient (Wildman–Crippen LogP) is 2.10. The molecule has 0 aliphatic carbocycles. The molecule has 0 aromatic heterocycles. The number of sulfone groups is 1. The number of aryl methyl sites for hydroxylation is 1. The van der Waals surface area contributed by atoms with Crippen molar-refractivity contribution in [3.05, 3.63) is 47.4 Å². The van der Waals surface area contributed by atoms with Crippen molar-refractivity contribution in [2.24, 2.45) is 5.92 Å². The SMILES string of the molecule is O=C(C[C@@H]1C=CS(=O)(=O)C1)N1CCCN(CCCc2ccccc2)CC1. The summed E-state index contributed by atoms with van der Waals surface area (Å²) in [6.07, 6.45) is 5.17. The van der Waals surface area contributed by atoms with Crippen LogP contribution in [-0.4, -0.2) is 62.6 Å². The molecule has 2 heterocycles. The molecule has 2 aliphatic rings. The van der Waals surface area contributed by atoms with Crippen molar-refractivity contribution < 1.29 is 13.2 Å². The average Bonchev–Trinajstić information content (AvgIpc) is 2.82. The summed E-state index contributed by atoms with van der Waals surface area (Å²) < 4.78 is 23.0. The number of hydrogen-bond donors (Lipinski definition) is 0. The zero-order chi connectivity index (χ0) is 18.4. The number of amides is 1. The molecule has 1 amide bonds. The third kappa shape index (κ3) is 5.68. The maximum absolute atomic E-state index is 12.5. The van der Waals surface area contributed by atoms with Crippen molar-refractivity contribution in [2.45, 2.75) is 25.7 Å². The van der Waals surface area contributed by atoms with E-state index in [1.165, 1.54) is 11.0 Å². The molecular weight excluding hydrogens is 348 g/mol. The van der Waals surface area contributed by atoms with E-state index in [9.17, 15) is 13.2 Å². The highest BCUT2D eigenvalue weighted by Gasteiger charge is 2.26. The van der Waals surface area contributed by atoms with Gasteiger partial charge in [-0.25, -0.2) is 8.42 Å². The summed E-state index contributed by atoms with van der Waals surface area (Å²) in [7, 11) is -3.08. The molecule has 0 spiro atoms. The van der Waals surface area contributed by atoms with Crippen LogP contribution in [0.2, 0.25) is 0 Å². The summed E-state index contributed by atoms with van der Waals surface area (Å²) in [5.74, 6) is 0.0127. The Morgan fingerprint density at radius 2 is 1.88 bits per heavy atom. The smallest absolute Gasteiger partial charge is 0.223 e. The van der Waals surface area contributed by atoms with Gasteiger partial charge in [0.15, 0.2) is 9.84 Å². The molecule has 2 aliphatic heterocycles. The molecule has 5 nitrogen and oxygen atoms in total. The summed E-state index contributed by atoms with van der Waals surface area (Å²) in [6, 6.07) is 10.5. The standard InChI is InChI=1S/C20H28N2O3S/c23-20(16-19-9-15-26(24,25)17-19)22-12-5-11-21(13-14-22)10-4-8-18-6-2-1-3-7-18/h1-3,6-7,9,15,19H,4-5,8,10-14,16-17H2/t19-/m0/s1. The molecule has 1 saturated heterocycles. The van der Waals surface area contributed by atoms with Gasteiger partial charge in [-0.1, -0.05) is 36.4 Å². The predicted molar refractivity (Wildman–Crippen MR) is 103 cm³/mol. The highest BCUT2D eigenvalue weighted by atomic mass is 32.2. The van der Waals surface area contributed by atoms with Gasteiger partial charge in [-0.2, -0.15) is 0 Å². The van der Waals surface area contributed by atoms with Gasteiger partial charge in [0, 0.05) is 37.4 Å². The van der Waals surface area contributed by atoms with Crippen LogP contribution in [0.1, 0.15) is 24.8 Å². The molecule has 0 radical (unpaired) electrons.